The molecule has 4 heteroatoms. The lowest BCUT2D eigenvalue weighted by atomic mass is 9.86. The monoisotopic (exact) mass is 287 g/mol. The minimum atomic E-state index is -0.806. The Balaban J connectivity index is 2.24. The molecule has 0 aliphatic carbocycles. The smallest absolute Gasteiger partial charge is 0.110 e. The van der Waals surface area contributed by atoms with Gasteiger partial charge in [0.25, 0.3) is 0 Å². The molecule has 2 rings (SSSR count). The third-order valence-corrected chi connectivity index (χ3v) is 4.27. The molecular formula is C17H25N3O. The van der Waals surface area contributed by atoms with Crippen molar-refractivity contribution in [2.75, 3.05) is 0 Å². The molecule has 0 spiro atoms. The first kappa shape index (κ1) is 15.7. The van der Waals surface area contributed by atoms with E-state index in [0.717, 1.165) is 17.2 Å². The number of aromatic nitrogens is 2. The fourth-order valence-electron chi connectivity index (χ4n) is 2.07. The van der Waals surface area contributed by atoms with Crippen LogP contribution in [0.1, 0.15) is 39.2 Å². The zero-order valence-electron chi connectivity index (χ0n) is 13.5. The van der Waals surface area contributed by atoms with Gasteiger partial charge in [0.2, 0.25) is 0 Å². The van der Waals surface area contributed by atoms with Gasteiger partial charge in [-0.15, -0.1) is 0 Å². The Labute approximate surface area is 126 Å². The molecule has 0 saturated heterocycles. The summed E-state index contributed by atoms with van der Waals surface area (Å²) >= 11 is 0. The van der Waals surface area contributed by atoms with Crippen molar-refractivity contribution >= 4 is 0 Å². The van der Waals surface area contributed by atoms with Crippen LogP contribution in [0.2, 0.25) is 0 Å². The summed E-state index contributed by atoms with van der Waals surface area (Å²) in [4.78, 5) is 4.42. The topological polar surface area (TPSA) is 50.1 Å². The molecule has 0 radical (unpaired) electrons. The van der Waals surface area contributed by atoms with Crippen LogP contribution in [-0.4, -0.2) is 25.8 Å². The van der Waals surface area contributed by atoms with Gasteiger partial charge in [-0.2, -0.15) is 0 Å². The van der Waals surface area contributed by atoms with E-state index in [-0.39, 0.29) is 0 Å². The van der Waals surface area contributed by atoms with Crippen LogP contribution in [-0.2, 0) is 6.54 Å². The highest BCUT2D eigenvalue weighted by molar-refractivity contribution is 5.35. The predicted octanol–water partition coefficient (Wildman–Crippen LogP) is 2.82. The van der Waals surface area contributed by atoms with Crippen LogP contribution in [0.15, 0.2) is 36.5 Å². The summed E-state index contributed by atoms with van der Waals surface area (Å²) < 4.78 is 2.13. The molecule has 0 saturated carbocycles. The highest BCUT2D eigenvalue weighted by atomic mass is 16.3. The number of aliphatic hydroxyl groups is 1. The zero-order valence-corrected chi connectivity index (χ0v) is 13.5. The Bertz CT molecular complexity index is 594. The molecule has 4 nitrogen and oxygen atoms in total. The van der Waals surface area contributed by atoms with Crippen molar-refractivity contribution in [3.05, 3.63) is 48.0 Å². The fraction of sp³-hybridized carbons (Fsp3) is 0.471. The average Bonchev–Trinajstić information content (AvgIpc) is 2.77. The van der Waals surface area contributed by atoms with Gasteiger partial charge in [-0.3, -0.25) is 4.57 Å². The molecule has 0 fully saturated rings. The summed E-state index contributed by atoms with van der Waals surface area (Å²) in [6.45, 7) is 10.3. The van der Waals surface area contributed by atoms with E-state index in [9.17, 15) is 5.11 Å². The lowest BCUT2D eigenvalue weighted by Crippen LogP contribution is -2.55. The number of imidazole rings is 1. The summed E-state index contributed by atoms with van der Waals surface area (Å²) in [6, 6.07) is 10.2. The van der Waals surface area contributed by atoms with E-state index in [2.05, 4.69) is 27.0 Å². The molecule has 1 aromatic carbocycles. The average molecular weight is 287 g/mol. The minimum absolute atomic E-state index is 0.396. The van der Waals surface area contributed by atoms with E-state index in [1.165, 1.54) is 0 Å². The molecule has 1 aromatic heterocycles. The van der Waals surface area contributed by atoms with Crippen molar-refractivity contribution in [3.63, 3.8) is 0 Å². The lowest BCUT2D eigenvalue weighted by molar-refractivity contribution is -0.00551. The number of para-hydroxylation sites is 1. The highest BCUT2D eigenvalue weighted by Gasteiger charge is 2.34. The van der Waals surface area contributed by atoms with Crippen LogP contribution in [0, 0.1) is 6.92 Å². The van der Waals surface area contributed by atoms with Crippen LogP contribution in [0.25, 0.3) is 5.69 Å². The molecule has 2 aromatic rings. The Morgan fingerprint density at radius 2 is 1.76 bits per heavy atom. The summed E-state index contributed by atoms with van der Waals surface area (Å²) in [5, 5.41) is 13.7. The van der Waals surface area contributed by atoms with Crippen molar-refractivity contribution in [2.24, 2.45) is 0 Å². The molecule has 2 N–H and O–H groups in total. The van der Waals surface area contributed by atoms with Crippen LogP contribution < -0.4 is 5.32 Å². The van der Waals surface area contributed by atoms with Crippen LogP contribution >= 0.6 is 0 Å². The van der Waals surface area contributed by atoms with E-state index in [1.807, 2.05) is 59.0 Å². The quantitative estimate of drug-likeness (QED) is 0.889. The van der Waals surface area contributed by atoms with Gasteiger partial charge < -0.3 is 10.4 Å². The molecule has 21 heavy (non-hydrogen) atoms. The third-order valence-electron chi connectivity index (χ3n) is 4.27. The molecule has 0 bridgehead atoms. The van der Waals surface area contributed by atoms with E-state index in [0.29, 0.717) is 6.54 Å². The third kappa shape index (κ3) is 3.34. The molecule has 0 aliphatic heterocycles. The van der Waals surface area contributed by atoms with E-state index >= 15 is 0 Å². The number of nitrogens with one attached hydrogen (secondary N) is 1. The van der Waals surface area contributed by atoms with Gasteiger partial charge in [-0.1, -0.05) is 18.2 Å². The first-order chi connectivity index (χ1) is 9.72. The maximum Gasteiger partial charge on any atom is 0.110 e. The Morgan fingerprint density at radius 3 is 2.33 bits per heavy atom. The predicted molar refractivity (Wildman–Crippen MR) is 85.5 cm³/mol. The number of hydrogen-bond acceptors (Lipinski definition) is 3. The Hall–Kier alpha value is -1.65. The van der Waals surface area contributed by atoms with E-state index < -0.39 is 11.1 Å². The second kappa shape index (κ2) is 5.62. The van der Waals surface area contributed by atoms with Gasteiger partial charge >= 0.3 is 0 Å². The van der Waals surface area contributed by atoms with Gasteiger partial charge in [-0.05, 0) is 46.8 Å². The lowest BCUT2D eigenvalue weighted by Gasteiger charge is -2.38. The minimum Gasteiger partial charge on any atom is -0.389 e. The SMILES string of the molecule is Cc1ncc(CNC(C)(C)C(C)(C)O)n1-c1ccccc1. The van der Waals surface area contributed by atoms with Gasteiger partial charge in [0.15, 0.2) is 0 Å². The van der Waals surface area contributed by atoms with Gasteiger partial charge in [-0.25, -0.2) is 4.98 Å². The van der Waals surface area contributed by atoms with E-state index in [1.54, 1.807) is 0 Å². The van der Waals surface area contributed by atoms with Crippen LogP contribution in [0.3, 0.4) is 0 Å². The number of nitrogens with zero attached hydrogens (tertiary/aromatic N) is 2. The van der Waals surface area contributed by atoms with Gasteiger partial charge in [0, 0.05) is 17.8 Å². The highest BCUT2D eigenvalue weighted by Crippen LogP contribution is 2.22. The second-order valence-electron chi connectivity index (χ2n) is 6.51. The van der Waals surface area contributed by atoms with Crippen molar-refractivity contribution in [3.8, 4) is 5.69 Å². The number of aryl methyl sites for hydroxylation is 1. The summed E-state index contributed by atoms with van der Waals surface area (Å²) in [5.74, 6) is 0.957. The van der Waals surface area contributed by atoms with Crippen LogP contribution in [0.5, 0.6) is 0 Å². The van der Waals surface area contributed by atoms with Gasteiger partial charge in [0.05, 0.1) is 17.5 Å². The van der Waals surface area contributed by atoms with Gasteiger partial charge in [0.1, 0.15) is 5.82 Å². The number of benzene rings is 1. The van der Waals surface area contributed by atoms with Crippen molar-refractivity contribution in [1.29, 1.82) is 0 Å². The molecule has 0 aliphatic rings. The summed E-state index contributed by atoms with van der Waals surface area (Å²) in [6.07, 6.45) is 1.88. The zero-order chi connectivity index (χ0) is 15.7. The molecule has 0 amide bonds. The molecule has 0 atom stereocenters. The van der Waals surface area contributed by atoms with Crippen molar-refractivity contribution in [1.82, 2.24) is 14.9 Å². The van der Waals surface area contributed by atoms with Crippen LogP contribution in [0.4, 0.5) is 0 Å². The maximum absolute atomic E-state index is 10.2. The van der Waals surface area contributed by atoms with Crippen molar-refractivity contribution < 1.29 is 5.11 Å². The summed E-state index contributed by atoms with van der Waals surface area (Å²) in [5.41, 5.74) is 0.980. The standard InChI is InChI=1S/C17H25N3O/c1-13-18-11-15(12-19-16(2,3)17(4,5)21)20(13)14-9-7-6-8-10-14/h6-11,19,21H,12H2,1-5H3. The largest absolute Gasteiger partial charge is 0.389 e. The van der Waals surface area contributed by atoms with Crippen molar-refractivity contribution in [2.45, 2.75) is 52.3 Å². The number of rotatable bonds is 5. The molecule has 0 unspecified atom stereocenters. The second-order valence-corrected chi connectivity index (χ2v) is 6.51. The van der Waals surface area contributed by atoms with E-state index in [4.69, 9.17) is 0 Å². The molecule has 1 heterocycles. The first-order valence-corrected chi connectivity index (χ1v) is 7.28. The fourth-order valence-corrected chi connectivity index (χ4v) is 2.07. The maximum atomic E-state index is 10.2. The Morgan fingerprint density at radius 1 is 1.14 bits per heavy atom. The molecule has 114 valence electrons. The first-order valence-electron chi connectivity index (χ1n) is 7.28. The summed E-state index contributed by atoms with van der Waals surface area (Å²) in [7, 11) is 0. The number of hydrogen-bond donors (Lipinski definition) is 2. The Kier molecular flexibility index (Phi) is 4.21. The normalized spacial score (nSPS) is 12.7. The molecular weight excluding hydrogens is 262 g/mol.